The number of benzene rings is 1. The molecular formula is C36H43ClN10O4S. The summed E-state index contributed by atoms with van der Waals surface area (Å²) in [6.07, 6.45) is 0.800. The zero-order valence-electron chi connectivity index (χ0n) is 29.5. The van der Waals surface area contributed by atoms with Gasteiger partial charge in [-0.3, -0.25) is 14.4 Å². The first-order valence-electron chi connectivity index (χ1n) is 17.1. The largest absolute Gasteiger partial charge is 0.391 e. The maximum absolute atomic E-state index is 14.1. The molecule has 0 radical (unpaired) electrons. The second kappa shape index (κ2) is 15.4. The highest BCUT2D eigenvalue weighted by atomic mass is 35.5. The number of pyridine rings is 1. The molecule has 2 fully saturated rings. The summed E-state index contributed by atoms with van der Waals surface area (Å²) in [4.78, 5) is 56.8. The summed E-state index contributed by atoms with van der Waals surface area (Å²) in [5, 5.41) is 24.4. The topological polar surface area (TPSA) is 183 Å². The lowest BCUT2D eigenvalue weighted by Crippen LogP contribution is -2.57. The number of hydrogen-bond donors (Lipinski definition) is 4. The molecule has 0 aliphatic carbocycles. The van der Waals surface area contributed by atoms with Crippen LogP contribution in [-0.2, 0) is 16.1 Å². The van der Waals surface area contributed by atoms with E-state index in [-0.39, 0.29) is 30.6 Å². The number of thiazole rings is 1. The summed E-state index contributed by atoms with van der Waals surface area (Å²) in [5.41, 5.74) is 11.1. The molecule has 0 bridgehead atoms. The summed E-state index contributed by atoms with van der Waals surface area (Å²) >= 11 is 7.62. The van der Waals surface area contributed by atoms with Crippen LogP contribution >= 0.6 is 22.9 Å². The normalized spacial score (nSPS) is 18.3. The average molecular weight is 747 g/mol. The van der Waals surface area contributed by atoms with Crippen LogP contribution in [0.25, 0.3) is 10.4 Å². The number of hydrogen-bond acceptors (Lipinski definition) is 12. The summed E-state index contributed by atoms with van der Waals surface area (Å²) in [6.45, 7) is 10.2. The van der Waals surface area contributed by atoms with Gasteiger partial charge in [0.2, 0.25) is 11.8 Å². The molecule has 3 amide bonds. The number of nitrogens with two attached hydrogens (primary N) is 1. The Kier molecular flexibility index (Phi) is 10.9. The van der Waals surface area contributed by atoms with Gasteiger partial charge in [-0.15, -0.1) is 21.5 Å². The molecule has 274 valence electrons. The van der Waals surface area contributed by atoms with Crippen LogP contribution in [0.4, 0.5) is 17.3 Å². The Balaban J connectivity index is 1.09. The molecule has 2 aliphatic rings. The fourth-order valence-corrected chi connectivity index (χ4v) is 7.48. The number of nitrogen functional groups attached to an aromatic ring is 1. The van der Waals surface area contributed by atoms with E-state index in [9.17, 15) is 19.5 Å². The number of halogens is 1. The summed E-state index contributed by atoms with van der Waals surface area (Å²) in [5.74, 6) is -0.318. The van der Waals surface area contributed by atoms with E-state index in [1.165, 1.54) is 4.90 Å². The van der Waals surface area contributed by atoms with Gasteiger partial charge in [0.25, 0.3) is 5.91 Å². The molecule has 52 heavy (non-hydrogen) atoms. The monoisotopic (exact) mass is 746 g/mol. The van der Waals surface area contributed by atoms with E-state index in [0.717, 1.165) is 27.4 Å². The molecule has 5 N–H and O–H groups in total. The molecule has 14 nitrogen and oxygen atoms in total. The Bertz CT molecular complexity index is 1930. The molecule has 6 rings (SSSR count). The van der Waals surface area contributed by atoms with E-state index in [1.807, 2.05) is 57.5 Å². The number of anilines is 3. The zero-order chi connectivity index (χ0) is 37.2. The van der Waals surface area contributed by atoms with Crippen LogP contribution in [0.15, 0.2) is 54.2 Å². The number of carbonyl (C=O) groups is 3. The van der Waals surface area contributed by atoms with Crippen LogP contribution in [0.5, 0.6) is 0 Å². The van der Waals surface area contributed by atoms with Crippen molar-refractivity contribution in [3.8, 4) is 10.4 Å². The van der Waals surface area contributed by atoms with Gasteiger partial charge in [0.1, 0.15) is 17.9 Å². The van der Waals surface area contributed by atoms with Gasteiger partial charge in [0.15, 0.2) is 11.0 Å². The third kappa shape index (κ3) is 8.27. The van der Waals surface area contributed by atoms with Crippen molar-refractivity contribution in [3.63, 3.8) is 0 Å². The Morgan fingerprint density at radius 2 is 1.75 bits per heavy atom. The van der Waals surface area contributed by atoms with Gasteiger partial charge in [0.05, 0.1) is 27.9 Å². The molecule has 3 atom stereocenters. The first kappa shape index (κ1) is 36.9. The van der Waals surface area contributed by atoms with Gasteiger partial charge < -0.3 is 36.2 Å². The third-order valence-electron chi connectivity index (χ3n) is 9.41. The number of nitrogens with one attached hydrogen (secondary N) is 2. The molecule has 0 saturated carbocycles. The number of aromatic nitrogens is 4. The second-order valence-corrected chi connectivity index (χ2v) is 15.4. The molecule has 2 aliphatic heterocycles. The minimum atomic E-state index is -0.977. The molecule has 4 aromatic rings. The van der Waals surface area contributed by atoms with Crippen LogP contribution in [0, 0.1) is 12.3 Å². The number of likely N-dealkylation sites (tertiary alicyclic amines) is 1. The van der Waals surface area contributed by atoms with E-state index < -0.39 is 35.4 Å². The number of amides is 3. The zero-order valence-corrected chi connectivity index (χ0v) is 31.1. The van der Waals surface area contributed by atoms with E-state index in [1.54, 1.807) is 35.7 Å². The molecule has 2 saturated heterocycles. The minimum Gasteiger partial charge on any atom is -0.391 e. The molecule has 3 aromatic heterocycles. The summed E-state index contributed by atoms with van der Waals surface area (Å²) in [6, 6.07) is 11.0. The lowest BCUT2D eigenvalue weighted by atomic mass is 9.85. The van der Waals surface area contributed by atoms with Crippen LogP contribution < -0.4 is 26.2 Å². The highest BCUT2D eigenvalue weighted by Crippen LogP contribution is 2.29. The number of aliphatic hydroxyl groups excluding tert-OH is 1. The highest BCUT2D eigenvalue weighted by Gasteiger charge is 2.44. The first-order chi connectivity index (χ1) is 24.8. The van der Waals surface area contributed by atoms with Crippen LogP contribution in [0.3, 0.4) is 0 Å². The maximum atomic E-state index is 14.1. The fourth-order valence-electron chi connectivity index (χ4n) is 6.53. The van der Waals surface area contributed by atoms with Crippen molar-refractivity contribution in [2.24, 2.45) is 5.41 Å². The number of carbonyl (C=O) groups excluding carboxylic acids is 3. The van der Waals surface area contributed by atoms with Crippen molar-refractivity contribution >= 4 is 58.0 Å². The van der Waals surface area contributed by atoms with Crippen molar-refractivity contribution in [2.75, 3.05) is 48.3 Å². The van der Waals surface area contributed by atoms with E-state index in [0.29, 0.717) is 43.4 Å². The quantitative estimate of drug-likeness (QED) is 0.197. The molecule has 1 aromatic carbocycles. The lowest BCUT2D eigenvalue weighted by Gasteiger charge is -2.37. The van der Waals surface area contributed by atoms with Gasteiger partial charge in [-0.25, -0.2) is 9.97 Å². The third-order valence-corrected chi connectivity index (χ3v) is 10.6. The smallest absolute Gasteiger partial charge is 0.252 e. The highest BCUT2D eigenvalue weighted by molar-refractivity contribution is 7.13. The molecular weight excluding hydrogens is 704 g/mol. The van der Waals surface area contributed by atoms with E-state index in [4.69, 9.17) is 17.3 Å². The van der Waals surface area contributed by atoms with Crippen molar-refractivity contribution in [3.05, 3.63) is 76.1 Å². The Labute approximate surface area is 311 Å². The van der Waals surface area contributed by atoms with Crippen LogP contribution in [0.2, 0.25) is 5.15 Å². The first-order valence-corrected chi connectivity index (χ1v) is 18.4. The number of rotatable bonds is 9. The van der Waals surface area contributed by atoms with E-state index >= 15 is 0 Å². The van der Waals surface area contributed by atoms with Gasteiger partial charge in [0, 0.05) is 63.5 Å². The standard InChI is InChI=1S/C36H43ClN10O4S/c1-21-30(52-20-41-21)23-7-5-22(6-8-23)18-40-34(50)27-16-25(48)19-47(27)35(51)31(36(2,3)4)42-33(49)24-9-10-39-29(15-24)46-13-11-45(12-14-46)26-17-28(37)43-44-32(26)38/h5-10,15,17,20,25,27,31,48H,11-14,16,18-19H2,1-4H3,(H2,38,44)(H,40,50)(H,42,49)/t25-,27+,31-/m1/s1. The average Bonchev–Trinajstić information content (AvgIpc) is 3.75. The van der Waals surface area contributed by atoms with Crippen LogP contribution in [0.1, 0.15) is 48.8 Å². The van der Waals surface area contributed by atoms with Gasteiger partial charge in [-0.1, -0.05) is 56.6 Å². The summed E-state index contributed by atoms with van der Waals surface area (Å²) in [7, 11) is 0. The second-order valence-electron chi connectivity index (χ2n) is 14.2. The van der Waals surface area contributed by atoms with Crippen molar-refractivity contribution in [1.82, 2.24) is 35.7 Å². The van der Waals surface area contributed by atoms with Crippen molar-refractivity contribution in [1.29, 1.82) is 0 Å². The maximum Gasteiger partial charge on any atom is 0.252 e. The molecule has 16 heteroatoms. The lowest BCUT2D eigenvalue weighted by molar-refractivity contribution is -0.142. The Morgan fingerprint density at radius 3 is 2.42 bits per heavy atom. The SMILES string of the molecule is Cc1ncsc1-c1ccc(CNC(=O)[C@@H]2C[C@@H](O)CN2C(=O)[C@@H](NC(=O)c2ccnc(N3CCN(c4cc(Cl)nnc4N)CC3)c2)C(C)(C)C)cc1. The molecule has 0 unspecified atom stereocenters. The Morgan fingerprint density at radius 1 is 1.04 bits per heavy atom. The number of piperazine rings is 1. The van der Waals surface area contributed by atoms with Crippen LogP contribution in [-0.4, -0.2) is 98.8 Å². The van der Waals surface area contributed by atoms with Gasteiger partial charge >= 0.3 is 0 Å². The predicted molar refractivity (Wildman–Crippen MR) is 201 cm³/mol. The molecule has 5 heterocycles. The van der Waals surface area contributed by atoms with E-state index in [2.05, 4.69) is 40.6 Å². The fraction of sp³-hybridized carbons (Fsp3) is 0.417. The number of aliphatic hydroxyl groups is 1. The Hall–Kier alpha value is -4.86. The van der Waals surface area contributed by atoms with Crippen molar-refractivity contribution < 1.29 is 19.5 Å². The van der Waals surface area contributed by atoms with Gasteiger partial charge in [-0.05, 0) is 35.6 Å². The number of aryl methyl sites for hydroxylation is 1. The van der Waals surface area contributed by atoms with Crippen molar-refractivity contribution in [2.45, 2.75) is 58.8 Å². The molecule has 0 spiro atoms. The number of β-amino-alcohol motifs (C(OH)–C–C–N with tert-alkyl or cyclic N) is 1. The van der Waals surface area contributed by atoms with Gasteiger partial charge in [-0.2, -0.15) is 0 Å². The number of nitrogens with zero attached hydrogens (tertiary/aromatic N) is 7. The predicted octanol–water partition coefficient (Wildman–Crippen LogP) is 3.29. The summed E-state index contributed by atoms with van der Waals surface area (Å²) < 4.78 is 0. The minimum absolute atomic E-state index is 0.0128.